The molecular weight excluding hydrogens is 322 g/mol. The minimum absolute atomic E-state index is 0.0365. The molecule has 0 fully saturated rings. The summed E-state index contributed by atoms with van der Waals surface area (Å²) in [4.78, 5) is 22.1. The maximum absolute atomic E-state index is 11.9. The number of halogens is 1. The summed E-state index contributed by atoms with van der Waals surface area (Å²) in [6.07, 6.45) is 1.30. The summed E-state index contributed by atoms with van der Waals surface area (Å²) in [5, 5.41) is 14.6. The molecule has 0 aliphatic rings. The van der Waals surface area contributed by atoms with E-state index in [1.165, 1.54) is 25.5 Å². The summed E-state index contributed by atoms with van der Waals surface area (Å²) in [6.45, 7) is 0. The number of rotatable bonds is 5. The largest absolute Gasteiger partial charge is 0.497 e. The van der Waals surface area contributed by atoms with Gasteiger partial charge in [-0.15, -0.1) is 0 Å². The van der Waals surface area contributed by atoms with Gasteiger partial charge in [0.2, 0.25) is 0 Å². The zero-order chi connectivity index (χ0) is 16.8. The molecule has 0 aromatic heterocycles. The van der Waals surface area contributed by atoms with E-state index in [1.807, 2.05) is 0 Å². The first kappa shape index (κ1) is 16.4. The highest BCUT2D eigenvalue weighted by Gasteiger charge is 2.12. The quantitative estimate of drug-likeness (QED) is 0.517. The van der Waals surface area contributed by atoms with Crippen molar-refractivity contribution in [2.75, 3.05) is 7.11 Å². The van der Waals surface area contributed by atoms with Crippen molar-refractivity contribution < 1.29 is 14.5 Å². The summed E-state index contributed by atoms with van der Waals surface area (Å²) in [5.41, 5.74) is 2.96. The second-order valence-electron chi connectivity index (χ2n) is 4.40. The van der Waals surface area contributed by atoms with Crippen LogP contribution in [0.5, 0.6) is 5.75 Å². The van der Waals surface area contributed by atoms with E-state index in [4.69, 9.17) is 16.3 Å². The van der Waals surface area contributed by atoms with E-state index in [0.29, 0.717) is 16.9 Å². The fraction of sp³-hybridized carbons (Fsp3) is 0.0667. The molecule has 8 heteroatoms. The number of ether oxygens (including phenoxy) is 1. The summed E-state index contributed by atoms with van der Waals surface area (Å²) < 4.78 is 5.00. The van der Waals surface area contributed by atoms with E-state index < -0.39 is 10.8 Å². The van der Waals surface area contributed by atoms with Crippen LogP contribution in [0.2, 0.25) is 5.02 Å². The molecule has 0 unspecified atom stereocenters. The van der Waals surface area contributed by atoms with Crippen LogP contribution in [0.25, 0.3) is 0 Å². The molecule has 0 radical (unpaired) electrons. The van der Waals surface area contributed by atoms with Crippen LogP contribution >= 0.6 is 11.6 Å². The van der Waals surface area contributed by atoms with E-state index in [1.54, 1.807) is 30.3 Å². The average Bonchev–Trinajstić information content (AvgIpc) is 2.56. The van der Waals surface area contributed by atoms with Crippen LogP contribution in [-0.2, 0) is 0 Å². The number of nitro benzene ring substituents is 1. The van der Waals surface area contributed by atoms with Gasteiger partial charge in [-0.05, 0) is 30.3 Å². The highest BCUT2D eigenvalue weighted by molar-refractivity contribution is 6.32. The number of amides is 1. The van der Waals surface area contributed by atoms with Gasteiger partial charge < -0.3 is 4.74 Å². The fourth-order valence-electron chi connectivity index (χ4n) is 1.72. The van der Waals surface area contributed by atoms with Gasteiger partial charge in [-0.3, -0.25) is 14.9 Å². The minimum Gasteiger partial charge on any atom is -0.497 e. The predicted molar refractivity (Wildman–Crippen MR) is 86.2 cm³/mol. The highest BCUT2D eigenvalue weighted by Crippen LogP contribution is 2.24. The average molecular weight is 334 g/mol. The number of methoxy groups -OCH3 is 1. The summed E-state index contributed by atoms with van der Waals surface area (Å²) in [6, 6.07) is 10.7. The van der Waals surface area contributed by atoms with E-state index in [0.717, 1.165) is 0 Å². The molecule has 0 saturated heterocycles. The van der Waals surface area contributed by atoms with E-state index in [-0.39, 0.29) is 10.7 Å². The van der Waals surface area contributed by atoms with Crippen molar-refractivity contribution in [1.29, 1.82) is 0 Å². The van der Waals surface area contributed by atoms with Crippen LogP contribution in [0.15, 0.2) is 47.6 Å². The lowest BCUT2D eigenvalue weighted by atomic mass is 10.2. The molecule has 0 spiro atoms. The van der Waals surface area contributed by atoms with Crippen molar-refractivity contribution in [2.45, 2.75) is 0 Å². The minimum atomic E-state index is -0.588. The topological polar surface area (TPSA) is 93.8 Å². The van der Waals surface area contributed by atoms with Crippen molar-refractivity contribution in [1.82, 2.24) is 5.43 Å². The van der Waals surface area contributed by atoms with Crippen LogP contribution in [-0.4, -0.2) is 24.2 Å². The van der Waals surface area contributed by atoms with Gasteiger partial charge in [-0.2, -0.15) is 5.10 Å². The number of carbonyl (C=O) groups is 1. The van der Waals surface area contributed by atoms with Crippen molar-refractivity contribution >= 4 is 29.4 Å². The lowest BCUT2D eigenvalue weighted by Gasteiger charge is -2.02. The molecule has 0 aliphatic heterocycles. The van der Waals surface area contributed by atoms with Gasteiger partial charge in [-0.25, -0.2) is 5.43 Å². The van der Waals surface area contributed by atoms with Crippen LogP contribution < -0.4 is 10.2 Å². The Morgan fingerprint density at radius 1 is 1.30 bits per heavy atom. The Balaban J connectivity index is 2.04. The van der Waals surface area contributed by atoms with E-state index >= 15 is 0 Å². The van der Waals surface area contributed by atoms with Crippen LogP contribution in [0.3, 0.4) is 0 Å². The molecule has 1 N–H and O–H groups in total. The normalized spacial score (nSPS) is 10.5. The number of hydrogen-bond donors (Lipinski definition) is 1. The van der Waals surface area contributed by atoms with Crippen LogP contribution in [0.4, 0.5) is 5.69 Å². The number of nitrogens with zero attached hydrogens (tertiary/aromatic N) is 2. The third kappa shape index (κ3) is 4.27. The van der Waals surface area contributed by atoms with Gasteiger partial charge in [0.25, 0.3) is 11.6 Å². The Bertz CT molecular complexity index is 760. The van der Waals surface area contributed by atoms with Gasteiger partial charge in [0.1, 0.15) is 10.8 Å². The fourth-order valence-corrected chi connectivity index (χ4v) is 1.91. The second kappa shape index (κ2) is 7.37. The number of benzene rings is 2. The predicted octanol–water partition coefficient (Wildman–Crippen LogP) is 3.02. The van der Waals surface area contributed by atoms with Crippen molar-refractivity contribution in [3.63, 3.8) is 0 Å². The molecule has 0 heterocycles. The molecule has 23 heavy (non-hydrogen) atoms. The Morgan fingerprint density at radius 2 is 2.00 bits per heavy atom. The number of hydrazone groups is 1. The molecule has 0 bridgehead atoms. The lowest BCUT2D eigenvalue weighted by Crippen LogP contribution is -2.17. The van der Waals surface area contributed by atoms with Gasteiger partial charge in [0.15, 0.2) is 0 Å². The molecule has 0 saturated carbocycles. The molecule has 2 aromatic carbocycles. The standard InChI is InChI=1S/C15H12ClN3O4/c1-23-12-5-3-11(4-6-12)15(20)18-17-9-10-2-7-13(16)14(8-10)19(21)22/h2-9H,1H3,(H,18,20)/b17-9+. The first-order valence-electron chi connectivity index (χ1n) is 6.42. The molecule has 2 aromatic rings. The molecule has 1 amide bonds. The Hall–Kier alpha value is -2.93. The third-order valence-corrected chi connectivity index (χ3v) is 3.22. The van der Waals surface area contributed by atoms with Gasteiger partial charge in [0.05, 0.1) is 18.2 Å². The van der Waals surface area contributed by atoms with E-state index in [2.05, 4.69) is 10.5 Å². The first-order chi connectivity index (χ1) is 11.0. The molecular formula is C15H12ClN3O4. The molecule has 2 rings (SSSR count). The summed E-state index contributed by atoms with van der Waals surface area (Å²) >= 11 is 5.71. The smallest absolute Gasteiger partial charge is 0.288 e. The van der Waals surface area contributed by atoms with Gasteiger partial charge >= 0.3 is 0 Å². The molecule has 118 valence electrons. The van der Waals surface area contributed by atoms with E-state index in [9.17, 15) is 14.9 Å². The second-order valence-corrected chi connectivity index (χ2v) is 4.80. The highest BCUT2D eigenvalue weighted by atomic mass is 35.5. The van der Waals surface area contributed by atoms with Crippen molar-refractivity contribution in [2.24, 2.45) is 5.10 Å². The zero-order valence-electron chi connectivity index (χ0n) is 12.0. The summed E-state index contributed by atoms with van der Waals surface area (Å²) in [7, 11) is 1.53. The van der Waals surface area contributed by atoms with Gasteiger partial charge in [0, 0.05) is 17.2 Å². The third-order valence-electron chi connectivity index (χ3n) is 2.90. The Labute approximate surface area is 136 Å². The first-order valence-corrected chi connectivity index (χ1v) is 6.80. The Kier molecular flexibility index (Phi) is 5.27. The number of hydrogen-bond acceptors (Lipinski definition) is 5. The van der Waals surface area contributed by atoms with Crippen molar-refractivity contribution in [3.05, 3.63) is 68.7 Å². The molecule has 7 nitrogen and oxygen atoms in total. The van der Waals surface area contributed by atoms with Gasteiger partial charge in [-0.1, -0.05) is 17.7 Å². The van der Waals surface area contributed by atoms with Crippen LogP contribution in [0.1, 0.15) is 15.9 Å². The number of carbonyl (C=O) groups excluding carboxylic acids is 1. The maximum Gasteiger partial charge on any atom is 0.288 e. The van der Waals surface area contributed by atoms with Crippen molar-refractivity contribution in [3.8, 4) is 5.75 Å². The number of nitrogens with one attached hydrogen (secondary N) is 1. The zero-order valence-corrected chi connectivity index (χ0v) is 12.8. The van der Waals surface area contributed by atoms with Crippen LogP contribution in [0, 0.1) is 10.1 Å². The monoisotopic (exact) mass is 333 g/mol. The molecule has 0 aliphatic carbocycles. The molecule has 0 atom stereocenters. The number of nitro groups is 1. The SMILES string of the molecule is COc1ccc(C(=O)N/N=C/c2ccc(Cl)c([N+](=O)[O-])c2)cc1. The summed E-state index contributed by atoms with van der Waals surface area (Å²) in [5.74, 6) is 0.228. The maximum atomic E-state index is 11.9. The Morgan fingerprint density at radius 3 is 2.61 bits per heavy atom. The lowest BCUT2D eigenvalue weighted by molar-refractivity contribution is -0.384.